The highest BCUT2D eigenvalue weighted by Crippen LogP contribution is 2.46. The Balaban J connectivity index is 2.03. The number of hydroxylamine groups is 2. The molecule has 0 saturated heterocycles. The maximum atomic E-state index is 13.0. The molecule has 0 radical (unpaired) electrons. The lowest BCUT2D eigenvalue weighted by molar-refractivity contribution is -0.384. The van der Waals surface area contributed by atoms with Gasteiger partial charge >= 0.3 is 0 Å². The lowest BCUT2D eigenvalue weighted by Gasteiger charge is -2.16. The lowest BCUT2D eigenvalue weighted by atomic mass is 9.84. The number of rotatable bonds is 3. The van der Waals surface area contributed by atoms with Crippen LogP contribution in [0.15, 0.2) is 78.9 Å². The number of hydrogen-bond donors (Lipinski definition) is 1. The number of hydrogen-bond acceptors (Lipinski definition) is 5. The van der Waals surface area contributed by atoms with Gasteiger partial charge in [-0.2, -0.15) is 0 Å². The van der Waals surface area contributed by atoms with Crippen LogP contribution in [0.3, 0.4) is 0 Å². The van der Waals surface area contributed by atoms with Crippen LogP contribution in [-0.2, 0) is 0 Å². The smallest absolute Gasteiger partial charge is 0.278 e. The number of nitro benzene ring substituents is 1. The highest BCUT2D eigenvalue weighted by atomic mass is 16.6. The predicted molar refractivity (Wildman–Crippen MR) is 114 cm³/mol. The van der Waals surface area contributed by atoms with Crippen LogP contribution >= 0.6 is 0 Å². The van der Waals surface area contributed by atoms with Gasteiger partial charge in [0.1, 0.15) is 0 Å². The molecule has 1 aliphatic heterocycles. The van der Waals surface area contributed by atoms with Crippen LogP contribution in [0, 0.1) is 10.1 Å². The summed E-state index contributed by atoms with van der Waals surface area (Å²) >= 11 is 0. The summed E-state index contributed by atoms with van der Waals surface area (Å²) in [5.74, 6) is -1.76. The minimum atomic E-state index is -0.906. The summed E-state index contributed by atoms with van der Waals surface area (Å²) in [5, 5.41) is 23.2. The zero-order chi connectivity index (χ0) is 21.7. The summed E-state index contributed by atoms with van der Waals surface area (Å²) in [7, 11) is 0. The van der Waals surface area contributed by atoms with Gasteiger partial charge in [-0.15, -0.1) is 5.06 Å². The van der Waals surface area contributed by atoms with Gasteiger partial charge in [0.2, 0.25) is 0 Å². The van der Waals surface area contributed by atoms with E-state index in [1.54, 1.807) is 36.4 Å². The Hall–Kier alpha value is -4.36. The van der Waals surface area contributed by atoms with Crippen LogP contribution < -0.4 is 0 Å². The summed E-state index contributed by atoms with van der Waals surface area (Å²) in [4.78, 5) is 37.2. The molecule has 0 aromatic heterocycles. The summed E-state index contributed by atoms with van der Waals surface area (Å²) < 4.78 is 0. The van der Waals surface area contributed by atoms with Crippen molar-refractivity contribution in [2.24, 2.45) is 0 Å². The lowest BCUT2D eigenvalue weighted by Crippen LogP contribution is -2.25. The topological polar surface area (TPSA) is 101 Å². The number of nitro groups is 1. The minimum absolute atomic E-state index is 0.0329. The van der Waals surface area contributed by atoms with E-state index < -0.39 is 16.7 Å². The van der Waals surface area contributed by atoms with Gasteiger partial charge in [-0.1, -0.05) is 66.7 Å². The standard InChI is InChI=1S/C24H14N2O5/c27-23-21-19(14-8-2-1-3-9-14)15-10-4-5-11-16(15)20(22(21)24(28)25(23)29)17-12-6-7-13-18(17)26(30)31/h1-13,29H. The van der Waals surface area contributed by atoms with Crippen molar-refractivity contribution >= 4 is 28.3 Å². The Bertz CT molecular complexity index is 1410. The normalized spacial score (nSPS) is 13.0. The summed E-state index contributed by atoms with van der Waals surface area (Å²) in [6.07, 6.45) is 0. The van der Waals surface area contributed by atoms with Crippen molar-refractivity contribution < 1.29 is 19.7 Å². The molecule has 0 atom stereocenters. The van der Waals surface area contributed by atoms with Crippen molar-refractivity contribution in [1.82, 2.24) is 5.06 Å². The van der Waals surface area contributed by atoms with Crippen LogP contribution in [0.2, 0.25) is 0 Å². The Morgan fingerprint density at radius 3 is 1.84 bits per heavy atom. The molecule has 0 fully saturated rings. The first kappa shape index (κ1) is 18.7. The number of fused-ring (bicyclic) bond motifs is 2. The van der Waals surface area contributed by atoms with Crippen LogP contribution in [0.5, 0.6) is 0 Å². The minimum Gasteiger partial charge on any atom is -0.278 e. The van der Waals surface area contributed by atoms with E-state index in [2.05, 4.69) is 0 Å². The number of para-hydroxylation sites is 1. The van der Waals surface area contributed by atoms with E-state index >= 15 is 0 Å². The van der Waals surface area contributed by atoms with Crippen molar-refractivity contribution in [2.45, 2.75) is 0 Å². The fraction of sp³-hybridized carbons (Fsp3) is 0. The molecule has 0 bridgehead atoms. The predicted octanol–water partition coefficient (Wildman–Crippen LogP) is 5.07. The molecule has 31 heavy (non-hydrogen) atoms. The first-order valence-corrected chi connectivity index (χ1v) is 9.46. The Kier molecular flexibility index (Phi) is 4.13. The average molecular weight is 410 g/mol. The van der Waals surface area contributed by atoms with Crippen molar-refractivity contribution in [3.8, 4) is 22.3 Å². The molecule has 1 N–H and O–H groups in total. The molecule has 7 heteroatoms. The quantitative estimate of drug-likeness (QED) is 0.220. The second kappa shape index (κ2) is 6.86. The summed E-state index contributed by atoms with van der Waals surface area (Å²) in [5.41, 5.74) is 1.45. The molecule has 150 valence electrons. The van der Waals surface area contributed by atoms with Crippen molar-refractivity contribution in [3.63, 3.8) is 0 Å². The molecule has 4 aromatic rings. The number of amides is 2. The fourth-order valence-corrected chi connectivity index (χ4v) is 4.20. The first-order valence-electron chi connectivity index (χ1n) is 9.46. The van der Waals surface area contributed by atoms with E-state index in [0.717, 1.165) is 0 Å². The molecule has 0 aliphatic carbocycles. The zero-order valence-electron chi connectivity index (χ0n) is 16.0. The van der Waals surface area contributed by atoms with E-state index in [1.807, 2.05) is 30.3 Å². The van der Waals surface area contributed by atoms with Gasteiger partial charge in [0.05, 0.1) is 21.6 Å². The van der Waals surface area contributed by atoms with E-state index in [0.29, 0.717) is 21.9 Å². The Labute approximate surface area is 175 Å². The van der Waals surface area contributed by atoms with Crippen LogP contribution in [-0.4, -0.2) is 27.0 Å². The first-order chi connectivity index (χ1) is 15.0. The largest absolute Gasteiger partial charge is 0.286 e. The molecule has 7 nitrogen and oxygen atoms in total. The van der Waals surface area contributed by atoms with Gasteiger partial charge < -0.3 is 0 Å². The van der Waals surface area contributed by atoms with Gasteiger partial charge in [-0.3, -0.25) is 24.9 Å². The van der Waals surface area contributed by atoms with Crippen LogP contribution in [0.4, 0.5) is 5.69 Å². The molecule has 0 spiro atoms. The second-order valence-electron chi connectivity index (χ2n) is 7.11. The van der Waals surface area contributed by atoms with Crippen molar-refractivity contribution in [1.29, 1.82) is 0 Å². The van der Waals surface area contributed by atoms with E-state index in [-0.39, 0.29) is 33.0 Å². The van der Waals surface area contributed by atoms with E-state index in [9.17, 15) is 24.9 Å². The third-order valence-corrected chi connectivity index (χ3v) is 5.46. The molecular formula is C24H14N2O5. The van der Waals surface area contributed by atoms with Crippen molar-refractivity contribution in [3.05, 3.63) is 100 Å². The number of carbonyl (C=O) groups excluding carboxylic acids is 2. The molecule has 1 aliphatic rings. The van der Waals surface area contributed by atoms with Crippen molar-refractivity contribution in [2.75, 3.05) is 0 Å². The van der Waals surface area contributed by atoms with Gasteiger partial charge in [-0.25, -0.2) is 0 Å². The molecular weight excluding hydrogens is 396 g/mol. The fourth-order valence-electron chi connectivity index (χ4n) is 4.20. The number of imide groups is 1. The SMILES string of the molecule is O=C1c2c(c(-c3ccccc3[N+](=O)[O-])c3ccccc3c2-c2ccccc2)C(=O)N1O. The van der Waals surface area contributed by atoms with Gasteiger partial charge in [-0.05, 0) is 22.4 Å². The maximum absolute atomic E-state index is 13.0. The van der Waals surface area contributed by atoms with Gasteiger partial charge in [0, 0.05) is 17.2 Å². The summed E-state index contributed by atoms with van der Waals surface area (Å²) in [6, 6.07) is 22.2. The molecule has 0 saturated carbocycles. The molecule has 4 aromatic carbocycles. The van der Waals surface area contributed by atoms with Gasteiger partial charge in [0.15, 0.2) is 0 Å². The summed E-state index contributed by atoms with van der Waals surface area (Å²) in [6.45, 7) is 0. The number of carbonyl (C=O) groups is 2. The monoisotopic (exact) mass is 410 g/mol. The van der Waals surface area contributed by atoms with Gasteiger partial charge in [0.25, 0.3) is 17.5 Å². The maximum Gasteiger partial charge on any atom is 0.286 e. The highest BCUT2D eigenvalue weighted by molar-refractivity contribution is 6.31. The second-order valence-corrected chi connectivity index (χ2v) is 7.11. The Morgan fingerprint density at radius 2 is 1.19 bits per heavy atom. The highest BCUT2D eigenvalue weighted by Gasteiger charge is 2.42. The third kappa shape index (κ3) is 2.64. The molecule has 0 unspecified atom stereocenters. The zero-order valence-corrected chi connectivity index (χ0v) is 16.0. The van der Waals surface area contributed by atoms with Crippen LogP contribution in [0.25, 0.3) is 33.0 Å². The van der Waals surface area contributed by atoms with Crippen LogP contribution in [0.1, 0.15) is 20.7 Å². The molecule has 5 rings (SSSR count). The van der Waals surface area contributed by atoms with E-state index in [4.69, 9.17) is 0 Å². The average Bonchev–Trinajstić information content (AvgIpc) is 3.02. The molecule has 2 amide bonds. The third-order valence-electron chi connectivity index (χ3n) is 5.46. The number of nitrogens with zero attached hydrogens (tertiary/aromatic N) is 2. The Morgan fingerprint density at radius 1 is 0.677 bits per heavy atom. The number of benzene rings is 4. The van der Waals surface area contributed by atoms with E-state index in [1.165, 1.54) is 12.1 Å². The molecule has 1 heterocycles.